The predicted octanol–water partition coefficient (Wildman–Crippen LogP) is 0.625. The lowest BCUT2D eigenvalue weighted by molar-refractivity contribution is -0.918. The number of allylic oxidation sites excluding steroid dienone is 3. The van der Waals surface area contributed by atoms with Gasteiger partial charge in [-0.05, 0) is 17.7 Å². The highest BCUT2D eigenvalue weighted by atomic mass is 16.5. The molecule has 156 valence electrons. The molecule has 0 bridgehead atoms. The zero-order valence-corrected chi connectivity index (χ0v) is 16.8. The first-order valence-corrected chi connectivity index (χ1v) is 10.3. The van der Waals surface area contributed by atoms with E-state index in [1.54, 1.807) is 18.2 Å². The molecular formula is C24H26N2O4. The van der Waals surface area contributed by atoms with Gasteiger partial charge in [-0.3, -0.25) is 9.69 Å². The molecular weight excluding hydrogens is 380 g/mol. The Hall–Kier alpha value is -2.93. The lowest BCUT2D eigenvalue weighted by atomic mass is 10.0. The number of carbonyl (C=O) groups is 1. The zero-order chi connectivity index (χ0) is 20.9. The molecule has 0 atom stereocenters. The molecule has 6 heteroatoms. The van der Waals surface area contributed by atoms with E-state index in [1.165, 1.54) is 11.0 Å². The van der Waals surface area contributed by atoms with Crippen LogP contribution in [0, 0.1) is 0 Å². The number of ether oxygens (including phenoxy) is 1. The molecule has 1 fully saturated rings. The maximum absolute atomic E-state index is 12.7. The molecule has 0 aromatic heterocycles. The van der Waals surface area contributed by atoms with Gasteiger partial charge < -0.3 is 19.8 Å². The van der Waals surface area contributed by atoms with Crippen LogP contribution in [-0.4, -0.2) is 55.1 Å². The maximum Gasteiger partial charge on any atom is 0.231 e. The fourth-order valence-electron chi connectivity index (χ4n) is 3.94. The van der Waals surface area contributed by atoms with E-state index in [9.17, 15) is 9.90 Å². The SMILES string of the molecule is O=C1C(=CC=Cc2ccccc2)Oc2c1ccc([O-])c2C[NH+]1CCN(CCO)CC1. The number of quaternary nitrogens is 1. The van der Waals surface area contributed by atoms with Crippen LogP contribution in [-0.2, 0) is 6.54 Å². The van der Waals surface area contributed by atoms with Gasteiger partial charge in [-0.2, -0.15) is 0 Å². The molecule has 2 aliphatic heterocycles. The van der Waals surface area contributed by atoms with Crippen molar-refractivity contribution in [2.24, 2.45) is 0 Å². The summed E-state index contributed by atoms with van der Waals surface area (Å²) >= 11 is 0. The molecule has 2 heterocycles. The van der Waals surface area contributed by atoms with Crippen molar-refractivity contribution in [2.75, 3.05) is 39.3 Å². The van der Waals surface area contributed by atoms with Crippen molar-refractivity contribution in [2.45, 2.75) is 6.54 Å². The molecule has 6 nitrogen and oxygen atoms in total. The summed E-state index contributed by atoms with van der Waals surface area (Å²) < 4.78 is 5.87. The van der Waals surface area contributed by atoms with Gasteiger partial charge in [0.2, 0.25) is 5.78 Å². The summed E-state index contributed by atoms with van der Waals surface area (Å²) in [5.41, 5.74) is 2.06. The van der Waals surface area contributed by atoms with Crippen molar-refractivity contribution in [3.8, 4) is 11.5 Å². The van der Waals surface area contributed by atoms with E-state index in [0.717, 1.165) is 31.7 Å². The molecule has 30 heavy (non-hydrogen) atoms. The molecule has 2 aromatic carbocycles. The third-order valence-electron chi connectivity index (χ3n) is 5.64. The lowest BCUT2D eigenvalue weighted by Gasteiger charge is -2.32. The molecule has 0 aliphatic carbocycles. The highest BCUT2D eigenvalue weighted by Gasteiger charge is 2.31. The molecule has 2 aromatic rings. The van der Waals surface area contributed by atoms with E-state index < -0.39 is 0 Å². The molecule has 2 aliphatic rings. The third kappa shape index (κ3) is 4.46. The number of β-amino-alcohol motifs (C(OH)–C–C–N with tert-alkyl or cyclic N) is 1. The average Bonchev–Trinajstić information content (AvgIpc) is 3.08. The molecule has 2 N–H and O–H groups in total. The lowest BCUT2D eigenvalue weighted by Crippen LogP contribution is -3.13. The number of hydrogen-bond donors (Lipinski definition) is 2. The fourth-order valence-corrected chi connectivity index (χ4v) is 3.94. The monoisotopic (exact) mass is 406 g/mol. The van der Waals surface area contributed by atoms with E-state index in [-0.39, 0.29) is 23.9 Å². The first-order valence-electron chi connectivity index (χ1n) is 10.3. The van der Waals surface area contributed by atoms with Crippen LogP contribution in [0.15, 0.2) is 60.4 Å². The number of nitrogens with zero attached hydrogens (tertiary/aromatic N) is 1. The summed E-state index contributed by atoms with van der Waals surface area (Å²) in [6, 6.07) is 12.9. The second-order valence-electron chi connectivity index (χ2n) is 7.64. The standard InChI is InChI=1S/C24H26N2O4/c27-16-15-25-11-13-26(14-12-25)17-20-21(28)10-9-19-23(29)22(30-24(19)20)8-4-7-18-5-2-1-3-6-18/h1-10,27-28H,11-17H2. The summed E-state index contributed by atoms with van der Waals surface area (Å²) in [5.74, 6) is 0.378. The summed E-state index contributed by atoms with van der Waals surface area (Å²) in [5, 5.41) is 21.6. The molecule has 0 unspecified atom stereocenters. The Labute approximate surface area is 176 Å². The second kappa shape index (κ2) is 9.26. The quantitative estimate of drug-likeness (QED) is 0.688. The molecule has 4 rings (SSSR count). The summed E-state index contributed by atoms with van der Waals surface area (Å²) in [4.78, 5) is 16.2. The molecule has 1 saturated heterocycles. The summed E-state index contributed by atoms with van der Waals surface area (Å²) in [7, 11) is 0. The Morgan fingerprint density at radius 2 is 1.90 bits per heavy atom. The van der Waals surface area contributed by atoms with Crippen molar-refractivity contribution in [1.82, 2.24) is 4.90 Å². The first kappa shape index (κ1) is 20.3. The third-order valence-corrected chi connectivity index (χ3v) is 5.64. The van der Waals surface area contributed by atoms with Crippen molar-refractivity contribution in [3.63, 3.8) is 0 Å². The topological polar surface area (TPSA) is 77.3 Å². The zero-order valence-electron chi connectivity index (χ0n) is 16.8. The normalized spacial score (nSPS) is 18.8. The van der Waals surface area contributed by atoms with Crippen LogP contribution < -0.4 is 14.7 Å². The number of Topliss-reactive ketones (excluding diaryl/α,β-unsaturated/α-hetero) is 1. The number of piperazine rings is 1. The van der Waals surface area contributed by atoms with Gasteiger partial charge in [0.1, 0.15) is 12.3 Å². The van der Waals surface area contributed by atoms with Crippen LogP contribution >= 0.6 is 0 Å². The number of fused-ring (bicyclic) bond motifs is 1. The Kier molecular flexibility index (Phi) is 6.28. The van der Waals surface area contributed by atoms with Crippen LogP contribution in [0.5, 0.6) is 11.5 Å². The number of rotatable bonds is 6. The Morgan fingerprint density at radius 1 is 1.13 bits per heavy atom. The number of carbonyl (C=O) groups excluding carboxylic acids is 1. The molecule has 0 radical (unpaired) electrons. The molecule has 0 saturated carbocycles. The van der Waals surface area contributed by atoms with Crippen LogP contribution in [0.3, 0.4) is 0 Å². The average molecular weight is 406 g/mol. The van der Waals surface area contributed by atoms with Crippen LogP contribution in [0.25, 0.3) is 6.08 Å². The second-order valence-corrected chi connectivity index (χ2v) is 7.64. The van der Waals surface area contributed by atoms with E-state index in [1.807, 2.05) is 36.4 Å². The van der Waals surface area contributed by atoms with Crippen molar-refractivity contribution < 1.29 is 24.6 Å². The van der Waals surface area contributed by atoms with Gasteiger partial charge in [0, 0.05) is 25.2 Å². The van der Waals surface area contributed by atoms with Gasteiger partial charge in [0.05, 0.1) is 25.3 Å². The predicted molar refractivity (Wildman–Crippen MR) is 112 cm³/mol. The number of ketones is 1. The number of hydrogen-bond acceptors (Lipinski definition) is 5. The number of aliphatic hydroxyl groups excluding tert-OH is 1. The Morgan fingerprint density at radius 3 is 2.63 bits per heavy atom. The van der Waals surface area contributed by atoms with E-state index in [0.29, 0.717) is 30.0 Å². The minimum atomic E-state index is -0.188. The van der Waals surface area contributed by atoms with Crippen LogP contribution in [0.1, 0.15) is 21.5 Å². The van der Waals surface area contributed by atoms with Crippen molar-refractivity contribution >= 4 is 11.9 Å². The Balaban J connectivity index is 1.49. The minimum Gasteiger partial charge on any atom is -0.872 e. The number of nitrogens with one attached hydrogen (secondary N) is 1. The van der Waals surface area contributed by atoms with Gasteiger partial charge in [0.15, 0.2) is 5.76 Å². The summed E-state index contributed by atoms with van der Waals surface area (Å²) in [6.07, 6.45) is 5.35. The van der Waals surface area contributed by atoms with Gasteiger partial charge in [-0.25, -0.2) is 0 Å². The summed E-state index contributed by atoms with van der Waals surface area (Å²) in [6.45, 7) is 4.93. The van der Waals surface area contributed by atoms with Gasteiger partial charge in [-0.1, -0.05) is 54.3 Å². The van der Waals surface area contributed by atoms with Gasteiger partial charge in [0.25, 0.3) is 0 Å². The maximum atomic E-state index is 12.7. The smallest absolute Gasteiger partial charge is 0.231 e. The first-order chi connectivity index (χ1) is 14.7. The fraction of sp³-hybridized carbons (Fsp3) is 0.292. The number of benzene rings is 2. The van der Waals surface area contributed by atoms with Crippen LogP contribution in [0.2, 0.25) is 0 Å². The number of aliphatic hydroxyl groups is 1. The van der Waals surface area contributed by atoms with Gasteiger partial charge >= 0.3 is 0 Å². The molecule has 0 spiro atoms. The largest absolute Gasteiger partial charge is 0.872 e. The van der Waals surface area contributed by atoms with Crippen molar-refractivity contribution in [3.05, 3.63) is 77.1 Å². The minimum absolute atomic E-state index is 0.0899. The van der Waals surface area contributed by atoms with E-state index >= 15 is 0 Å². The van der Waals surface area contributed by atoms with Crippen molar-refractivity contribution in [1.29, 1.82) is 0 Å². The van der Waals surface area contributed by atoms with Crippen LogP contribution in [0.4, 0.5) is 0 Å². The molecule has 0 amide bonds. The Bertz CT molecular complexity index is 961. The highest BCUT2D eigenvalue weighted by molar-refractivity contribution is 6.12. The van der Waals surface area contributed by atoms with Gasteiger partial charge in [-0.15, -0.1) is 0 Å². The van der Waals surface area contributed by atoms with E-state index in [4.69, 9.17) is 9.84 Å². The van der Waals surface area contributed by atoms with E-state index in [2.05, 4.69) is 4.90 Å². The highest BCUT2D eigenvalue weighted by Crippen LogP contribution is 2.37.